The molecule has 1 amide bonds. The van der Waals surface area contributed by atoms with Gasteiger partial charge >= 0.3 is 0 Å². The third kappa shape index (κ3) is 3.01. The molecule has 0 bridgehead atoms. The fourth-order valence-corrected chi connectivity index (χ4v) is 2.29. The van der Waals surface area contributed by atoms with Crippen molar-refractivity contribution in [3.05, 3.63) is 65.7 Å². The second-order valence-electron chi connectivity index (χ2n) is 5.01. The molecule has 0 saturated carbocycles. The van der Waals surface area contributed by atoms with Gasteiger partial charge in [0.05, 0.1) is 0 Å². The Hall–Kier alpha value is -2.46. The lowest BCUT2D eigenvalue weighted by Crippen LogP contribution is -2.09. The van der Waals surface area contributed by atoms with Crippen LogP contribution in [0.25, 0.3) is 0 Å². The van der Waals surface area contributed by atoms with Crippen molar-refractivity contribution in [2.24, 2.45) is 0 Å². The highest BCUT2D eigenvalue weighted by atomic mass is 16.6. The Morgan fingerprint density at radius 3 is 2.29 bits per heavy atom. The van der Waals surface area contributed by atoms with Crippen LogP contribution in [0.5, 0.6) is 0 Å². The first-order chi connectivity index (χ1) is 10.1. The summed E-state index contributed by atoms with van der Waals surface area (Å²) in [5.74, 6) is -0.165. The average Bonchev–Trinajstić information content (AvgIpc) is 3.28. The molecule has 1 heterocycles. The zero-order chi connectivity index (χ0) is 14.8. The van der Waals surface area contributed by atoms with E-state index < -0.39 is 6.10 Å². The molecule has 2 atom stereocenters. The van der Waals surface area contributed by atoms with Gasteiger partial charge in [0.1, 0.15) is 6.10 Å². The molecule has 4 heteroatoms. The molecule has 106 valence electrons. The van der Waals surface area contributed by atoms with Crippen LogP contribution in [0.1, 0.15) is 28.9 Å². The molecule has 0 aliphatic carbocycles. The minimum absolute atomic E-state index is 0.0294. The normalized spacial score (nSPS) is 19.9. The second kappa shape index (κ2) is 5.50. The van der Waals surface area contributed by atoms with Crippen LogP contribution in [-0.4, -0.2) is 17.8 Å². The van der Waals surface area contributed by atoms with E-state index in [1.807, 2.05) is 30.3 Å². The summed E-state index contributed by atoms with van der Waals surface area (Å²) in [6.07, 6.45) is -0.548. The second-order valence-corrected chi connectivity index (χ2v) is 5.01. The predicted molar refractivity (Wildman–Crippen MR) is 79.1 cm³/mol. The number of carbonyl (C=O) groups excluding carboxylic acids is 2. The Bertz CT molecular complexity index is 664. The molecule has 0 aromatic heterocycles. The maximum atomic E-state index is 12.3. The number of ketones is 1. The molecule has 0 radical (unpaired) electrons. The van der Waals surface area contributed by atoms with Gasteiger partial charge in [-0.3, -0.25) is 9.59 Å². The van der Waals surface area contributed by atoms with Crippen molar-refractivity contribution in [3.8, 4) is 0 Å². The standard InChI is InChI=1S/C17H15NO3/c1-11(19)18-14-9-7-12(8-10-14)15(20)17-16(21-17)13-5-3-2-4-6-13/h2-10,16-17H,1H3,(H,18,19)/t16-,17-/m0/s1. The van der Waals surface area contributed by atoms with Crippen molar-refractivity contribution in [2.45, 2.75) is 19.1 Å². The van der Waals surface area contributed by atoms with Gasteiger partial charge in [-0.25, -0.2) is 0 Å². The molecule has 1 saturated heterocycles. The van der Waals surface area contributed by atoms with Crippen LogP contribution < -0.4 is 5.32 Å². The topological polar surface area (TPSA) is 58.7 Å². The third-order valence-corrected chi connectivity index (χ3v) is 3.37. The number of nitrogens with one attached hydrogen (secondary N) is 1. The maximum Gasteiger partial charge on any atom is 0.221 e. The highest BCUT2D eigenvalue weighted by molar-refractivity contribution is 6.02. The van der Waals surface area contributed by atoms with Gasteiger partial charge in [0.2, 0.25) is 5.91 Å². The van der Waals surface area contributed by atoms with Crippen molar-refractivity contribution in [2.75, 3.05) is 5.32 Å². The summed E-state index contributed by atoms with van der Waals surface area (Å²) in [5, 5.41) is 2.67. The number of epoxide rings is 1. The molecule has 1 fully saturated rings. The van der Waals surface area contributed by atoms with Crippen LogP contribution in [0.2, 0.25) is 0 Å². The van der Waals surface area contributed by atoms with Crippen LogP contribution in [0, 0.1) is 0 Å². The maximum absolute atomic E-state index is 12.3. The summed E-state index contributed by atoms with van der Waals surface area (Å²) < 4.78 is 5.49. The summed E-state index contributed by atoms with van der Waals surface area (Å²) in [6, 6.07) is 16.6. The number of rotatable bonds is 4. The van der Waals surface area contributed by atoms with Gasteiger partial charge in [0.25, 0.3) is 0 Å². The minimum Gasteiger partial charge on any atom is -0.356 e. The van der Waals surface area contributed by atoms with Crippen molar-refractivity contribution in [1.29, 1.82) is 0 Å². The van der Waals surface area contributed by atoms with E-state index >= 15 is 0 Å². The van der Waals surface area contributed by atoms with E-state index in [2.05, 4.69) is 5.32 Å². The number of hydrogen-bond donors (Lipinski definition) is 1. The van der Waals surface area contributed by atoms with Crippen LogP contribution >= 0.6 is 0 Å². The molecule has 21 heavy (non-hydrogen) atoms. The Morgan fingerprint density at radius 2 is 1.67 bits per heavy atom. The number of ether oxygens (including phenoxy) is 1. The van der Waals surface area contributed by atoms with Crippen LogP contribution in [-0.2, 0) is 9.53 Å². The molecule has 3 rings (SSSR count). The first-order valence-corrected chi connectivity index (χ1v) is 6.77. The van der Waals surface area contributed by atoms with Crippen LogP contribution in [0.4, 0.5) is 5.69 Å². The molecule has 0 unspecified atom stereocenters. The zero-order valence-electron chi connectivity index (χ0n) is 11.6. The lowest BCUT2D eigenvalue weighted by atomic mass is 10.0. The lowest BCUT2D eigenvalue weighted by molar-refractivity contribution is -0.114. The number of benzene rings is 2. The van der Waals surface area contributed by atoms with Gasteiger partial charge < -0.3 is 10.1 Å². The number of hydrogen-bond acceptors (Lipinski definition) is 3. The smallest absolute Gasteiger partial charge is 0.221 e. The van der Waals surface area contributed by atoms with Crippen molar-refractivity contribution >= 4 is 17.4 Å². The molecule has 2 aromatic rings. The Labute approximate surface area is 122 Å². The van der Waals surface area contributed by atoms with E-state index in [4.69, 9.17) is 4.74 Å². The largest absolute Gasteiger partial charge is 0.356 e. The van der Waals surface area contributed by atoms with Gasteiger partial charge in [0, 0.05) is 18.2 Å². The van der Waals surface area contributed by atoms with E-state index in [0.717, 1.165) is 5.56 Å². The number of amides is 1. The number of carbonyl (C=O) groups is 2. The third-order valence-electron chi connectivity index (χ3n) is 3.37. The SMILES string of the molecule is CC(=O)Nc1ccc(C(=O)[C@@H]2O[C@H]2c2ccccc2)cc1. The monoisotopic (exact) mass is 281 g/mol. The first kappa shape index (κ1) is 13.5. The van der Waals surface area contributed by atoms with Crippen molar-refractivity contribution in [1.82, 2.24) is 0 Å². The summed E-state index contributed by atoms with van der Waals surface area (Å²) in [5.41, 5.74) is 2.29. The van der Waals surface area contributed by atoms with Crippen LogP contribution in [0.15, 0.2) is 54.6 Å². The molecule has 4 nitrogen and oxygen atoms in total. The summed E-state index contributed by atoms with van der Waals surface area (Å²) >= 11 is 0. The fourth-order valence-electron chi connectivity index (χ4n) is 2.29. The number of Topliss-reactive ketones (excluding diaryl/α,β-unsaturated/α-hetero) is 1. The number of anilines is 1. The lowest BCUT2D eigenvalue weighted by Gasteiger charge is -2.03. The molecule has 1 aliphatic heterocycles. The quantitative estimate of drug-likeness (QED) is 0.692. The molecular weight excluding hydrogens is 266 g/mol. The van der Waals surface area contributed by atoms with E-state index in [-0.39, 0.29) is 17.8 Å². The molecule has 2 aromatic carbocycles. The van der Waals surface area contributed by atoms with E-state index in [0.29, 0.717) is 11.3 Å². The Balaban J connectivity index is 1.68. The summed E-state index contributed by atoms with van der Waals surface area (Å²) in [7, 11) is 0. The Kier molecular flexibility index (Phi) is 3.54. The van der Waals surface area contributed by atoms with E-state index in [9.17, 15) is 9.59 Å². The van der Waals surface area contributed by atoms with Gasteiger partial charge in [-0.15, -0.1) is 0 Å². The highest BCUT2D eigenvalue weighted by Crippen LogP contribution is 2.40. The van der Waals surface area contributed by atoms with E-state index in [1.165, 1.54) is 6.92 Å². The van der Waals surface area contributed by atoms with Gasteiger partial charge in [-0.05, 0) is 29.8 Å². The Morgan fingerprint density at radius 1 is 1.00 bits per heavy atom. The summed E-state index contributed by atoms with van der Waals surface area (Å²) in [6.45, 7) is 1.45. The van der Waals surface area contributed by atoms with Crippen molar-refractivity contribution < 1.29 is 14.3 Å². The first-order valence-electron chi connectivity index (χ1n) is 6.77. The molecular formula is C17H15NO3. The highest BCUT2D eigenvalue weighted by Gasteiger charge is 2.45. The molecule has 1 aliphatic rings. The average molecular weight is 281 g/mol. The van der Waals surface area contributed by atoms with Crippen molar-refractivity contribution in [3.63, 3.8) is 0 Å². The van der Waals surface area contributed by atoms with Gasteiger partial charge in [-0.1, -0.05) is 30.3 Å². The summed E-state index contributed by atoms with van der Waals surface area (Å²) in [4.78, 5) is 23.3. The van der Waals surface area contributed by atoms with Crippen LogP contribution in [0.3, 0.4) is 0 Å². The van der Waals surface area contributed by atoms with Gasteiger partial charge in [0.15, 0.2) is 11.9 Å². The minimum atomic E-state index is -0.404. The van der Waals surface area contributed by atoms with Gasteiger partial charge in [-0.2, -0.15) is 0 Å². The van der Waals surface area contributed by atoms with E-state index in [1.54, 1.807) is 24.3 Å². The molecule has 1 N–H and O–H groups in total. The zero-order valence-corrected chi connectivity index (χ0v) is 11.6. The fraction of sp³-hybridized carbons (Fsp3) is 0.176. The predicted octanol–water partition coefficient (Wildman–Crippen LogP) is 2.97. The molecule has 0 spiro atoms.